The number of hydrogen-bond acceptors (Lipinski definition) is 3. The summed E-state index contributed by atoms with van der Waals surface area (Å²) in [4.78, 5) is 36.6. The fraction of sp³-hybridized carbons (Fsp3) is 0.542. The lowest BCUT2D eigenvalue weighted by Crippen LogP contribution is -2.42. The maximum absolute atomic E-state index is 12.5. The largest absolute Gasteiger partial charge is 0.299 e. The fourth-order valence-corrected chi connectivity index (χ4v) is 4.26. The van der Waals surface area contributed by atoms with Crippen LogP contribution in [0.15, 0.2) is 36.9 Å². The van der Waals surface area contributed by atoms with E-state index >= 15 is 0 Å². The van der Waals surface area contributed by atoms with Gasteiger partial charge in [-0.15, -0.1) is 6.58 Å². The first-order chi connectivity index (χ1) is 12.8. The summed E-state index contributed by atoms with van der Waals surface area (Å²) in [5.74, 6) is 0.446. The number of allylic oxidation sites excluding steroid dienone is 1. The molecule has 3 rings (SSSR count). The lowest BCUT2D eigenvalue weighted by molar-refractivity contribution is -0.142. The summed E-state index contributed by atoms with van der Waals surface area (Å²) in [6.45, 7) is 8.84. The maximum Gasteiger partial charge on any atom is 0.146 e. The predicted molar refractivity (Wildman–Crippen MR) is 109 cm³/mol. The summed E-state index contributed by atoms with van der Waals surface area (Å²) in [6, 6.07) is 8.12. The van der Waals surface area contributed by atoms with Gasteiger partial charge >= 0.3 is 0 Å². The van der Waals surface area contributed by atoms with E-state index in [4.69, 9.17) is 0 Å². The number of benzene rings is 1. The topological polar surface area (TPSA) is 51.2 Å². The van der Waals surface area contributed by atoms with E-state index in [2.05, 4.69) is 12.6 Å². The van der Waals surface area contributed by atoms with Crippen molar-refractivity contribution in [1.82, 2.24) is 0 Å². The van der Waals surface area contributed by atoms with Gasteiger partial charge in [0.15, 0.2) is 0 Å². The van der Waals surface area contributed by atoms with Gasteiger partial charge in [0.05, 0.1) is 5.41 Å². The van der Waals surface area contributed by atoms with Gasteiger partial charge in [0.2, 0.25) is 0 Å². The smallest absolute Gasteiger partial charge is 0.146 e. The Hall–Kier alpha value is -2.03. The molecule has 2 aliphatic carbocycles. The molecule has 0 spiro atoms. The minimum absolute atomic E-state index is 0.00117. The van der Waals surface area contributed by atoms with Crippen LogP contribution in [0.2, 0.25) is 0 Å². The average Bonchev–Trinajstić information content (AvgIpc) is 2.63. The van der Waals surface area contributed by atoms with Gasteiger partial charge in [-0.2, -0.15) is 0 Å². The van der Waals surface area contributed by atoms with E-state index in [9.17, 15) is 14.4 Å². The van der Waals surface area contributed by atoms with Crippen molar-refractivity contribution in [2.75, 3.05) is 0 Å². The van der Waals surface area contributed by atoms with Crippen LogP contribution in [-0.4, -0.2) is 17.3 Å². The number of carbonyl (C=O) groups is 3. The van der Waals surface area contributed by atoms with E-state index in [0.29, 0.717) is 31.5 Å². The number of rotatable bonds is 5. The Morgan fingerprint density at radius 1 is 1.07 bits per heavy atom. The molecule has 2 saturated carbocycles. The van der Waals surface area contributed by atoms with Gasteiger partial charge in [0.1, 0.15) is 17.3 Å². The zero-order chi connectivity index (χ0) is 20.1. The summed E-state index contributed by atoms with van der Waals surface area (Å²) in [5, 5.41) is 0. The van der Waals surface area contributed by atoms with Crippen molar-refractivity contribution in [1.29, 1.82) is 0 Å². The lowest BCUT2D eigenvalue weighted by atomic mass is 9.65. The molecule has 2 fully saturated rings. The highest BCUT2D eigenvalue weighted by atomic mass is 16.2. The average molecular weight is 369 g/mol. The summed E-state index contributed by atoms with van der Waals surface area (Å²) in [5.41, 5.74) is 1.11. The number of carbonyl (C=O) groups excluding carboxylic acids is 3. The Morgan fingerprint density at radius 2 is 1.70 bits per heavy atom. The van der Waals surface area contributed by atoms with Gasteiger partial charge in [-0.25, -0.2) is 0 Å². The van der Waals surface area contributed by atoms with Crippen LogP contribution >= 0.6 is 0 Å². The first-order valence-corrected chi connectivity index (χ1v) is 10.00. The molecule has 0 N–H and O–H groups in total. The Kier molecular flexibility index (Phi) is 6.91. The van der Waals surface area contributed by atoms with Gasteiger partial charge in [0.25, 0.3) is 0 Å². The molecule has 0 aromatic heterocycles. The van der Waals surface area contributed by atoms with Gasteiger partial charge in [-0.05, 0) is 57.1 Å². The normalized spacial score (nSPS) is 27.2. The number of hydrogen-bond donors (Lipinski definition) is 0. The molecule has 27 heavy (non-hydrogen) atoms. The summed E-state index contributed by atoms with van der Waals surface area (Å²) in [7, 11) is 0. The zero-order valence-electron chi connectivity index (χ0n) is 17.0. The number of ketones is 3. The molecule has 0 bridgehead atoms. The molecular weight excluding hydrogens is 336 g/mol. The van der Waals surface area contributed by atoms with Crippen molar-refractivity contribution in [3.63, 3.8) is 0 Å². The summed E-state index contributed by atoms with van der Waals surface area (Å²) in [6.07, 6.45) is 7.67. The van der Waals surface area contributed by atoms with Crippen LogP contribution in [0, 0.1) is 10.8 Å². The highest BCUT2D eigenvalue weighted by Crippen LogP contribution is 2.41. The SMILES string of the molecule is C=CC.CC(=O)C1(Cc2cccc(CC3(C)CCC3=O)c2)CCCCC1=O. The van der Waals surface area contributed by atoms with Gasteiger partial charge in [-0.1, -0.05) is 43.7 Å². The van der Waals surface area contributed by atoms with Crippen LogP contribution in [0.3, 0.4) is 0 Å². The first-order valence-electron chi connectivity index (χ1n) is 10.00. The minimum atomic E-state index is -0.826. The zero-order valence-corrected chi connectivity index (χ0v) is 17.0. The van der Waals surface area contributed by atoms with E-state index in [1.165, 1.54) is 0 Å². The van der Waals surface area contributed by atoms with E-state index in [1.54, 1.807) is 13.0 Å². The lowest BCUT2D eigenvalue weighted by Gasteiger charge is -2.37. The van der Waals surface area contributed by atoms with Crippen LogP contribution in [0.1, 0.15) is 70.4 Å². The molecule has 2 unspecified atom stereocenters. The highest BCUT2D eigenvalue weighted by molar-refractivity contribution is 6.06. The second-order valence-corrected chi connectivity index (χ2v) is 8.33. The monoisotopic (exact) mass is 368 g/mol. The van der Waals surface area contributed by atoms with Crippen LogP contribution in [0.5, 0.6) is 0 Å². The molecule has 0 aliphatic heterocycles. The van der Waals surface area contributed by atoms with Gasteiger partial charge in [-0.3, -0.25) is 14.4 Å². The maximum atomic E-state index is 12.5. The standard InChI is InChI=1S/C21H26O3.C3H6/c1-15(22)21(10-4-3-8-19(21)24)14-17-7-5-6-16(12-17)13-20(2)11-9-18(20)23;1-3-2/h5-7,12H,3-4,8-11,13-14H2,1-2H3;3H,1H2,2H3. The molecule has 3 heteroatoms. The second-order valence-electron chi connectivity index (χ2n) is 8.33. The van der Waals surface area contributed by atoms with E-state index in [0.717, 1.165) is 36.8 Å². The molecule has 3 nitrogen and oxygen atoms in total. The van der Waals surface area contributed by atoms with Crippen LogP contribution in [0.25, 0.3) is 0 Å². The minimum Gasteiger partial charge on any atom is -0.299 e. The molecular formula is C24H32O3. The summed E-state index contributed by atoms with van der Waals surface area (Å²) >= 11 is 0. The molecule has 2 aliphatic rings. The van der Waals surface area contributed by atoms with Crippen molar-refractivity contribution in [3.8, 4) is 0 Å². The molecule has 0 radical (unpaired) electrons. The Morgan fingerprint density at radius 3 is 2.19 bits per heavy atom. The third kappa shape index (κ3) is 4.63. The quantitative estimate of drug-likeness (QED) is 0.540. The Balaban J connectivity index is 0.000000817. The third-order valence-corrected chi connectivity index (χ3v) is 6.13. The first kappa shape index (κ1) is 21.3. The fourth-order valence-electron chi connectivity index (χ4n) is 4.26. The predicted octanol–water partition coefficient (Wildman–Crippen LogP) is 5.05. The van der Waals surface area contributed by atoms with E-state index < -0.39 is 5.41 Å². The van der Waals surface area contributed by atoms with Gasteiger partial charge < -0.3 is 0 Å². The van der Waals surface area contributed by atoms with E-state index in [1.807, 2.05) is 32.0 Å². The van der Waals surface area contributed by atoms with E-state index in [-0.39, 0.29) is 17.0 Å². The highest BCUT2D eigenvalue weighted by Gasteiger charge is 2.44. The molecule has 0 amide bonds. The summed E-state index contributed by atoms with van der Waals surface area (Å²) < 4.78 is 0. The molecule has 1 aromatic carbocycles. The molecule has 1 aromatic rings. The second kappa shape index (κ2) is 8.77. The Labute approximate surface area is 163 Å². The van der Waals surface area contributed by atoms with Crippen LogP contribution in [0.4, 0.5) is 0 Å². The van der Waals surface area contributed by atoms with Crippen molar-refractivity contribution < 1.29 is 14.4 Å². The number of Topliss-reactive ketones (excluding diaryl/α,β-unsaturated/α-hetero) is 3. The van der Waals surface area contributed by atoms with Crippen molar-refractivity contribution in [2.45, 2.75) is 72.1 Å². The van der Waals surface area contributed by atoms with Crippen LogP contribution in [-0.2, 0) is 27.2 Å². The molecule has 0 saturated heterocycles. The van der Waals surface area contributed by atoms with Gasteiger partial charge in [0, 0.05) is 18.3 Å². The van der Waals surface area contributed by atoms with Crippen LogP contribution < -0.4 is 0 Å². The van der Waals surface area contributed by atoms with Crippen molar-refractivity contribution >= 4 is 17.3 Å². The van der Waals surface area contributed by atoms with Crippen molar-refractivity contribution in [2.24, 2.45) is 10.8 Å². The molecule has 0 heterocycles. The third-order valence-electron chi connectivity index (χ3n) is 6.13. The van der Waals surface area contributed by atoms with Crippen molar-refractivity contribution in [3.05, 3.63) is 48.0 Å². The molecule has 146 valence electrons. The Bertz CT molecular complexity index is 733. The molecule has 2 atom stereocenters.